The summed E-state index contributed by atoms with van der Waals surface area (Å²) in [6, 6.07) is 6.24. The summed E-state index contributed by atoms with van der Waals surface area (Å²) in [7, 11) is 0. The summed E-state index contributed by atoms with van der Waals surface area (Å²) in [6.07, 6.45) is 3.25. The Morgan fingerprint density at radius 3 is 2.54 bits per heavy atom. The molecule has 0 N–H and O–H groups in total. The maximum Gasteiger partial charge on any atom is 0.233 e. The number of piperazine rings is 1. The fourth-order valence-corrected chi connectivity index (χ4v) is 3.38. The van der Waals surface area contributed by atoms with Crippen molar-refractivity contribution in [3.8, 4) is 0 Å². The molecule has 0 aliphatic carbocycles. The number of hydrogen-bond acceptors (Lipinski definition) is 5. The third-order valence-electron chi connectivity index (χ3n) is 4.01. The first-order valence-electron chi connectivity index (χ1n) is 7.91. The van der Waals surface area contributed by atoms with Crippen molar-refractivity contribution in [2.45, 2.75) is 11.4 Å². The van der Waals surface area contributed by atoms with Gasteiger partial charge in [0.15, 0.2) is 0 Å². The number of thioether (sulfide) groups is 1. The van der Waals surface area contributed by atoms with Crippen LogP contribution in [-0.4, -0.2) is 68.9 Å². The highest BCUT2D eigenvalue weighted by atomic mass is 32.2. The minimum atomic E-state index is -0.257. The van der Waals surface area contributed by atoms with E-state index in [1.807, 2.05) is 9.58 Å². The molecule has 1 aromatic heterocycles. The minimum absolute atomic E-state index is 0.139. The fraction of sp³-hybridized carbons (Fsp3) is 0.438. The van der Waals surface area contributed by atoms with Crippen LogP contribution < -0.4 is 0 Å². The Kier molecular flexibility index (Phi) is 5.81. The number of benzene rings is 1. The summed E-state index contributed by atoms with van der Waals surface area (Å²) in [5.41, 5.74) is 0. The molecular weight excluding hydrogens is 329 g/mol. The van der Waals surface area contributed by atoms with Gasteiger partial charge < -0.3 is 4.90 Å². The zero-order valence-corrected chi connectivity index (χ0v) is 14.2. The molecule has 0 bridgehead atoms. The van der Waals surface area contributed by atoms with Crippen LogP contribution in [0.4, 0.5) is 4.39 Å². The monoisotopic (exact) mass is 349 g/mol. The number of halogens is 1. The standard InChI is InChI=1S/C16H20FN5OS/c17-14-1-3-15(4-2-14)24-11-16(23)21-8-5-20(6-9-21)7-10-22-13-18-12-19-22/h1-4,12-13H,5-11H2. The van der Waals surface area contributed by atoms with Gasteiger partial charge in [-0.2, -0.15) is 5.10 Å². The quantitative estimate of drug-likeness (QED) is 0.737. The van der Waals surface area contributed by atoms with Crippen molar-refractivity contribution in [3.63, 3.8) is 0 Å². The van der Waals surface area contributed by atoms with Gasteiger partial charge in [0.05, 0.1) is 12.3 Å². The summed E-state index contributed by atoms with van der Waals surface area (Å²) < 4.78 is 14.7. The second-order valence-electron chi connectivity index (χ2n) is 5.62. The molecule has 1 fully saturated rings. The van der Waals surface area contributed by atoms with Crippen LogP contribution >= 0.6 is 11.8 Å². The molecule has 24 heavy (non-hydrogen) atoms. The number of aromatic nitrogens is 3. The molecule has 1 aliphatic rings. The molecule has 128 valence electrons. The van der Waals surface area contributed by atoms with E-state index in [9.17, 15) is 9.18 Å². The molecule has 3 rings (SSSR count). The molecule has 1 amide bonds. The summed E-state index contributed by atoms with van der Waals surface area (Å²) in [5.74, 6) is 0.276. The summed E-state index contributed by atoms with van der Waals surface area (Å²) >= 11 is 1.45. The molecule has 0 atom stereocenters. The molecule has 2 aromatic rings. The summed E-state index contributed by atoms with van der Waals surface area (Å²) in [4.78, 5) is 21.4. The first-order valence-corrected chi connectivity index (χ1v) is 8.90. The maximum atomic E-state index is 12.9. The van der Waals surface area contributed by atoms with Crippen molar-refractivity contribution in [3.05, 3.63) is 42.7 Å². The molecule has 0 unspecified atom stereocenters. The normalized spacial score (nSPS) is 15.6. The predicted octanol–water partition coefficient (Wildman–Crippen LogP) is 1.35. The molecule has 0 radical (unpaired) electrons. The molecule has 0 spiro atoms. The zero-order chi connectivity index (χ0) is 16.8. The average molecular weight is 349 g/mol. The van der Waals surface area contributed by atoms with Gasteiger partial charge in [0, 0.05) is 37.6 Å². The predicted molar refractivity (Wildman–Crippen MR) is 90.2 cm³/mol. The van der Waals surface area contributed by atoms with Crippen LogP contribution in [-0.2, 0) is 11.3 Å². The lowest BCUT2D eigenvalue weighted by atomic mass is 10.3. The van der Waals surface area contributed by atoms with Gasteiger partial charge in [-0.05, 0) is 24.3 Å². The van der Waals surface area contributed by atoms with E-state index in [1.54, 1.807) is 18.5 Å². The molecule has 6 nitrogen and oxygen atoms in total. The average Bonchev–Trinajstić information content (AvgIpc) is 3.13. The van der Waals surface area contributed by atoms with Gasteiger partial charge in [-0.3, -0.25) is 14.4 Å². The van der Waals surface area contributed by atoms with Crippen molar-refractivity contribution in [1.29, 1.82) is 0 Å². The molecule has 0 saturated carbocycles. The highest BCUT2D eigenvalue weighted by molar-refractivity contribution is 8.00. The maximum absolute atomic E-state index is 12.9. The lowest BCUT2D eigenvalue weighted by Gasteiger charge is -2.34. The van der Waals surface area contributed by atoms with Gasteiger partial charge in [0.25, 0.3) is 0 Å². The van der Waals surface area contributed by atoms with Crippen LogP contribution in [0.5, 0.6) is 0 Å². The third-order valence-corrected chi connectivity index (χ3v) is 5.01. The number of hydrogen-bond donors (Lipinski definition) is 0. The van der Waals surface area contributed by atoms with Gasteiger partial charge in [-0.15, -0.1) is 11.8 Å². The lowest BCUT2D eigenvalue weighted by molar-refractivity contribution is -0.130. The number of rotatable bonds is 6. The van der Waals surface area contributed by atoms with Crippen LogP contribution in [0.3, 0.4) is 0 Å². The third kappa shape index (κ3) is 4.78. The van der Waals surface area contributed by atoms with E-state index in [-0.39, 0.29) is 11.7 Å². The number of carbonyl (C=O) groups excluding carboxylic acids is 1. The molecule has 1 aromatic carbocycles. The van der Waals surface area contributed by atoms with E-state index in [1.165, 1.54) is 30.2 Å². The van der Waals surface area contributed by atoms with Crippen molar-refractivity contribution in [2.75, 3.05) is 38.5 Å². The zero-order valence-electron chi connectivity index (χ0n) is 13.3. The summed E-state index contributed by atoms with van der Waals surface area (Å²) in [6.45, 7) is 4.98. The first kappa shape index (κ1) is 16.9. The van der Waals surface area contributed by atoms with Crippen LogP contribution in [0, 0.1) is 5.82 Å². The fourth-order valence-electron chi connectivity index (χ4n) is 2.58. The van der Waals surface area contributed by atoms with E-state index >= 15 is 0 Å². The highest BCUT2D eigenvalue weighted by Crippen LogP contribution is 2.19. The topological polar surface area (TPSA) is 54.3 Å². The van der Waals surface area contributed by atoms with Crippen LogP contribution in [0.25, 0.3) is 0 Å². The van der Waals surface area contributed by atoms with E-state index in [0.717, 1.165) is 44.2 Å². The number of nitrogens with zero attached hydrogens (tertiary/aromatic N) is 5. The van der Waals surface area contributed by atoms with Gasteiger partial charge in [0.2, 0.25) is 5.91 Å². The number of carbonyl (C=O) groups is 1. The largest absolute Gasteiger partial charge is 0.339 e. The van der Waals surface area contributed by atoms with Gasteiger partial charge in [-0.1, -0.05) is 0 Å². The Balaban J connectivity index is 1.37. The summed E-state index contributed by atoms with van der Waals surface area (Å²) in [5, 5.41) is 4.09. The Labute approximate surface area is 144 Å². The van der Waals surface area contributed by atoms with E-state index in [4.69, 9.17) is 0 Å². The van der Waals surface area contributed by atoms with Crippen molar-refractivity contribution in [2.24, 2.45) is 0 Å². The van der Waals surface area contributed by atoms with Gasteiger partial charge in [0.1, 0.15) is 18.5 Å². The van der Waals surface area contributed by atoms with E-state index in [0.29, 0.717) is 5.75 Å². The van der Waals surface area contributed by atoms with Crippen molar-refractivity contribution < 1.29 is 9.18 Å². The smallest absolute Gasteiger partial charge is 0.233 e. The van der Waals surface area contributed by atoms with E-state index < -0.39 is 0 Å². The number of amides is 1. The second kappa shape index (κ2) is 8.25. The van der Waals surface area contributed by atoms with Crippen LogP contribution in [0.1, 0.15) is 0 Å². The Bertz CT molecular complexity index is 641. The Morgan fingerprint density at radius 2 is 1.88 bits per heavy atom. The van der Waals surface area contributed by atoms with Crippen LogP contribution in [0.2, 0.25) is 0 Å². The highest BCUT2D eigenvalue weighted by Gasteiger charge is 2.20. The second-order valence-corrected chi connectivity index (χ2v) is 6.67. The van der Waals surface area contributed by atoms with Crippen LogP contribution in [0.15, 0.2) is 41.8 Å². The Hall–Kier alpha value is -1.93. The SMILES string of the molecule is O=C(CSc1ccc(F)cc1)N1CCN(CCn2cncn2)CC1. The Morgan fingerprint density at radius 1 is 1.12 bits per heavy atom. The molecule has 1 saturated heterocycles. The molecule has 2 heterocycles. The van der Waals surface area contributed by atoms with Gasteiger partial charge in [-0.25, -0.2) is 9.37 Å². The first-order chi connectivity index (χ1) is 11.7. The van der Waals surface area contributed by atoms with Gasteiger partial charge >= 0.3 is 0 Å². The van der Waals surface area contributed by atoms with E-state index in [2.05, 4.69) is 15.0 Å². The molecular formula is C16H20FN5OS. The molecule has 8 heteroatoms. The minimum Gasteiger partial charge on any atom is -0.339 e. The van der Waals surface area contributed by atoms with Crippen molar-refractivity contribution in [1.82, 2.24) is 24.6 Å². The molecule has 1 aliphatic heterocycles. The lowest BCUT2D eigenvalue weighted by Crippen LogP contribution is -2.49. The van der Waals surface area contributed by atoms with Crippen molar-refractivity contribution >= 4 is 17.7 Å².